The SMILES string of the molecule is O=C(O)Cc1ccccc1NC(=O)c1cc(O)ccc1Cl. The van der Waals surface area contributed by atoms with Gasteiger partial charge in [-0.2, -0.15) is 0 Å². The molecule has 0 aliphatic carbocycles. The second kappa shape index (κ2) is 6.28. The van der Waals surface area contributed by atoms with E-state index in [1.165, 1.54) is 18.2 Å². The summed E-state index contributed by atoms with van der Waals surface area (Å²) in [6, 6.07) is 10.6. The number of halogens is 1. The summed E-state index contributed by atoms with van der Waals surface area (Å²) >= 11 is 5.92. The molecule has 0 aliphatic heterocycles. The van der Waals surface area contributed by atoms with Crippen molar-refractivity contribution in [3.8, 4) is 5.75 Å². The number of carbonyl (C=O) groups is 2. The van der Waals surface area contributed by atoms with Gasteiger partial charge in [-0.1, -0.05) is 29.8 Å². The van der Waals surface area contributed by atoms with Crippen molar-refractivity contribution in [2.75, 3.05) is 5.32 Å². The molecule has 0 spiro atoms. The lowest BCUT2D eigenvalue weighted by Gasteiger charge is -2.10. The zero-order chi connectivity index (χ0) is 15.4. The Hall–Kier alpha value is -2.53. The molecule has 1 amide bonds. The third kappa shape index (κ3) is 3.73. The van der Waals surface area contributed by atoms with Crippen molar-refractivity contribution < 1.29 is 19.8 Å². The van der Waals surface area contributed by atoms with Crippen LogP contribution in [0.25, 0.3) is 0 Å². The number of benzene rings is 2. The molecule has 2 rings (SSSR count). The molecular weight excluding hydrogens is 294 g/mol. The van der Waals surface area contributed by atoms with Gasteiger partial charge in [0.15, 0.2) is 0 Å². The van der Waals surface area contributed by atoms with Gasteiger partial charge in [0.25, 0.3) is 5.91 Å². The summed E-state index contributed by atoms with van der Waals surface area (Å²) in [6.07, 6.45) is -0.204. The van der Waals surface area contributed by atoms with E-state index in [0.29, 0.717) is 11.3 Å². The average Bonchev–Trinajstić information content (AvgIpc) is 2.43. The topological polar surface area (TPSA) is 86.6 Å². The van der Waals surface area contributed by atoms with Crippen LogP contribution in [0.3, 0.4) is 0 Å². The van der Waals surface area contributed by atoms with E-state index in [2.05, 4.69) is 5.32 Å². The van der Waals surface area contributed by atoms with Gasteiger partial charge in [0.1, 0.15) is 5.75 Å². The van der Waals surface area contributed by atoms with E-state index in [1.54, 1.807) is 24.3 Å². The number of phenolic OH excluding ortho intramolecular Hbond substituents is 1. The van der Waals surface area contributed by atoms with Gasteiger partial charge in [-0.15, -0.1) is 0 Å². The van der Waals surface area contributed by atoms with Crippen LogP contribution in [-0.2, 0) is 11.2 Å². The van der Waals surface area contributed by atoms with Gasteiger partial charge in [0.2, 0.25) is 0 Å². The zero-order valence-electron chi connectivity index (χ0n) is 10.8. The maximum atomic E-state index is 12.2. The summed E-state index contributed by atoms with van der Waals surface area (Å²) in [6.45, 7) is 0. The quantitative estimate of drug-likeness (QED) is 0.810. The molecule has 6 heteroatoms. The average molecular weight is 306 g/mol. The molecule has 3 N–H and O–H groups in total. The van der Waals surface area contributed by atoms with E-state index in [-0.39, 0.29) is 22.8 Å². The van der Waals surface area contributed by atoms with E-state index in [9.17, 15) is 14.7 Å². The van der Waals surface area contributed by atoms with Crippen LogP contribution in [0, 0.1) is 0 Å². The third-order valence-electron chi connectivity index (χ3n) is 2.80. The maximum absolute atomic E-state index is 12.2. The van der Waals surface area contributed by atoms with Crippen molar-refractivity contribution in [2.45, 2.75) is 6.42 Å². The molecule has 0 fully saturated rings. The number of phenols is 1. The highest BCUT2D eigenvalue weighted by Gasteiger charge is 2.14. The Kier molecular flexibility index (Phi) is 4.45. The Labute approximate surface area is 125 Å². The van der Waals surface area contributed by atoms with E-state index in [1.807, 2.05) is 0 Å². The van der Waals surface area contributed by atoms with Crippen LogP contribution in [0.1, 0.15) is 15.9 Å². The van der Waals surface area contributed by atoms with Crippen LogP contribution in [-0.4, -0.2) is 22.1 Å². The number of carboxylic acids is 1. The van der Waals surface area contributed by atoms with Gasteiger partial charge in [-0.3, -0.25) is 9.59 Å². The highest BCUT2D eigenvalue weighted by molar-refractivity contribution is 6.34. The number of hydrogen-bond donors (Lipinski definition) is 3. The molecule has 0 saturated carbocycles. The summed E-state index contributed by atoms with van der Waals surface area (Å²) in [5, 5.41) is 21.1. The lowest BCUT2D eigenvalue weighted by Crippen LogP contribution is -2.14. The first-order chi connectivity index (χ1) is 9.97. The molecule has 0 aliphatic rings. The number of rotatable bonds is 4. The van der Waals surface area contributed by atoms with Gasteiger partial charge < -0.3 is 15.5 Å². The van der Waals surface area contributed by atoms with Crippen molar-refractivity contribution in [1.29, 1.82) is 0 Å². The zero-order valence-corrected chi connectivity index (χ0v) is 11.6. The number of hydrogen-bond acceptors (Lipinski definition) is 3. The summed E-state index contributed by atoms with van der Waals surface area (Å²) in [5.74, 6) is -1.59. The number of anilines is 1. The van der Waals surface area contributed by atoms with Gasteiger partial charge in [-0.25, -0.2) is 0 Å². The van der Waals surface area contributed by atoms with Gasteiger partial charge >= 0.3 is 5.97 Å². The first-order valence-corrected chi connectivity index (χ1v) is 6.44. The van der Waals surface area contributed by atoms with Crippen molar-refractivity contribution in [2.24, 2.45) is 0 Å². The highest BCUT2D eigenvalue weighted by atomic mass is 35.5. The second-order valence-corrected chi connectivity index (χ2v) is 4.75. The highest BCUT2D eigenvalue weighted by Crippen LogP contribution is 2.23. The molecule has 0 unspecified atom stereocenters. The van der Waals surface area contributed by atoms with E-state index in [4.69, 9.17) is 16.7 Å². The molecule has 21 heavy (non-hydrogen) atoms. The normalized spacial score (nSPS) is 10.1. The lowest BCUT2D eigenvalue weighted by atomic mass is 10.1. The van der Waals surface area contributed by atoms with Crippen molar-refractivity contribution in [3.05, 3.63) is 58.6 Å². The number of aliphatic carboxylic acids is 1. The monoisotopic (exact) mass is 305 g/mol. The lowest BCUT2D eigenvalue weighted by molar-refractivity contribution is -0.136. The Morgan fingerprint density at radius 3 is 2.57 bits per heavy atom. The summed E-state index contributed by atoms with van der Waals surface area (Å²) in [5.41, 5.74) is 0.987. The standard InChI is InChI=1S/C15H12ClNO4/c16-12-6-5-10(18)8-11(12)15(21)17-13-4-2-1-3-9(13)7-14(19)20/h1-6,8,18H,7H2,(H,17,21)(H,19,20). The summed E-state index contributed by atoms with van der Waals surface area (Å²) in [7, 11) is 0. The Morgan fingerprint density at radius 1 is 1.14 bits per heavy atom. The fraction of sp³-hybridized carbons (Fsp3) is 0.0667. The van der Waals surface area contributed by atoms with Crippen LogP contribution in [0.15, 0.2) is 42.5 Å². The van der Waals surface area contributed by atoms with Crippen molar-refractivity contribution >= 4 is 29.2 Å². The largest absolute Gasteiger partial charge is 0.508 e. The van der Waals surface area contributed by atoms with E-state index >= 15 is 0 Å². The number of carboxylic acid groups (broad SMARTS) is 1. The fourth-order valence-corrected chi connectivity index (χ4v) is 2.04. The molecule has 2 aromatic carbocycles. The first-order valence-electron chi connectivity index (χ1n) is 6.07. The third-order valence-corrected chi connectivity index (χ3v) is 3.13. The minimum Gasteiger partial charge on any atom is -0.508 e. The molecule has 2 aromatic rings. The summed E-state index contributed by atoms with van der Waals surface area (Å²) in [4.78, 5) is 23.0. The predicted molar refractivity (Wildman–Crippen MR) is 78.9 cm³/mol. The fourth-order valence-electron chi connectivity index (χ4n) is 1.84. The van der Waals surface area contributed by atoms with Gasteiger partial charge in [0, 0.05) is 5.69 Å². The number of nitrogens with one attached hydrogen (secondary N) is 1. The molecule has 5 nitrogen and oxygen atoms in total. The molecule has 0 aromatic heterocycles. The number of carbonyl (C=O) groups excluding carboxylic acids is 1. The minimum absolute atomic E-state index is 0.0802. The molecule has 0 saturated heterocycles. The molecule has 0 atom stereocenters. The van der Waals surface area contributed by atoms with E-state index < -0.39 is 11.9 Å². The molecule has 0 radical (unpaired) electrons. The molecule has 0 bridgehead atoms. The van der Waals surface area contributed by atoms with Crippen LogP contribution >= 0.6 is 11.6 Å². The Bertz CT molecular complexity index is 700. The van der Waals surface area contributed by atoms with Crippen molar-refractivity contribution in [1.82, 2.24) is 0 Å². The summed E-state index contributed by atoms with van der Waals surface area (Å²) < 4.78 is 0. The first kappa shape index (κ1) is 14.9. The Balaban J connectivity index is 2.27. The molecule has 0 heterocycles. The number of para-hydroxylation sites is 1. The van der Waals surface area contributed by atoms with Crippen LogP contribution in [0.5, 0.6) is 5.75 Å². The Morgan fingerprint density at radius 2 is 1.86 bits per heavy atom. The van der Waals surface area contributed by atoms with Gasteiger partial charge in [0.05, 0.1) is 17.0 Å². The van der Waals surface area contributed by atoms with Crippen LogP contribution < -0.4 is 5.32 Å². The molecular formula is C15H12ClNO4. The van der Waals surface area contributed by atoms with E-state index in [0.717, 1.165) is 0 Å². The van der Waals surface area contributed by atoms with Gasteiger partial charge in [-0.05, 0) is 29.8 Å². The number of amides is 1. The second-order valence-electron chi connectivity index (χ2n) is 4.35. The molecule has 108 valence electrons. The minimum atomic E-state index is -0.993. The smallest absolute Gasteiger partial charge is 0.307 e. The predicted octanol–water partition coefficient (Wildman–Crippen LogP) is 2.93. The number of aromatic hydroxyl groups is 1. The van der Waals surface area contributed by atoms with Crippen LogP contribution in [0.2, 0.25) is 5.02 Å². The van der Waals surface area contributed by atoms with Crippen LogP contribution in [0.4, 0.5) is 5.69 Å². The maximum Gasteiger partial charge on any atom is 0.307 e. The van der Waals surface area contributed by atoms with Crippen molar-refractivity contribution in [3.63, 3.8) is 0 Å².